The van der Waals surface area contributed by atoms with Crippen LogP contribution in [-0.2, 0) is 0 Å². The molecule has 0 bridgehead atoms. The number of benzene rings is 1. The van der Waals surface area contributed by atoms with E-state index in [9.17, 15) is 9.90 Å². The van der Waals surface area contributed by atoms with E-state index in [0.717, 1.165) is 10.3 Å². The minimum Gasteiger partial charge on any atom is -0.508 e. The van der Waals surface area contributed by atoms with Gasteiger partial charge in [0.05, 0.1) is 5.52 Å². The van der Waals surface area contributed by atoms with Crippen LogP contribution in [0.4, 0.5) is 0 Å². The fourth-order valence-corrected chi connectivity index (χ4v) is 1.64. The van der Waals surface area contributed by atoms with Crippen LogP contribution in [0.25, 0.3) is 10.9 Å². The van der Waals surface area contributed by atoms with Crippen LogP contribution in [0.5, 0.6) is 5.75 Å². The lowest BCUT2D eigenvalue weighted by Crippen LogP contribution is -2.27. The molecule has 3 aromatic rings. The first-order valence-electron chi connectivity index (χ1n) is 4.84. The van der Waals surface area contributed by atoms with Crippen LogP contribution in [0.15, 0.2) is 41.5 Å². The van der Waals surface area contributed by atoms with Crippen molar-refractivity contribution in [3.8, 4) is 5.75 Å². The third-order valence-corrected chi connectivity index (χ3v) is 2.37. The highest BCUT2D eigenvalue weighted by molar-refractivity contribution is 5.80. The van der Waals surface area contributed by atoms with E-state index in [4.69, 9.17) is 0 Å². The van der Waals surface area contributed by atoms with E-state index in [1.54, 1.807) is 18.2 Å². The quantitative estimate of drug-likeness (QED) is 0.635. The maximum Gasteiger partial charge on any atom is 0.272 e. The summed E-state index contributed by atoms with van der Waals surface area (Å²) in [6.45, 7) is 0. The number of aromatic hydroxyl groups is 1. The topological polar surface area (TPSA) is 85.8 Å². The number of fused-ring (bicyclic) bond motifs is 1. The van der Waals surface area contributed by atoms with E-state index < -0.39 is 0 Å². The number of phenolic OH excluding ortho intramolecular Hbond substituents is 1. The van der Waals surface area contributed by atoms with Gasteiger partial charge in [0.2, 0.25) is 0 Å². The number of aromatic nitrogens is 5. The summed E-state index contributed by atoms with van der Waals surface area (Å²) in [5.74, 6) is 0.0666. The summed E-state index contributed by atoms with van der Waals surface area (Å²) in [7, 11) is 0. The summed E-state index contributed by atoms with van der Waals surface area (Å²) in [6, 6.07) is 7.80. The molecular weight excluding hydrogens is 222 g/mol. The number of nitrogens with zero attached hydrogens (tertiary/aromatic N) is 5. The average molecular weight is 229 g/mol. The molecule has 7 nitrogen and oxygen atoms in total. The molecule has 0 spiro atoms. The van der Waals surface area contributed by atoms with Crippen molar-refractivity contribution in [2.75, 3.05) is 0 Å². The number of pyridine rings is 1. The van der Waals surface area contributed by atoms with Gasteiger partial charge in [-0.15, -0.1) is 10.2 Å². The zero-order valence-electron chi connectivity index (χ0n) is 8.56. The molecule has 7 heteroatoms. The van der Waals surface area contributed by atoms with E-state index in [-0.39, 0.29) is 11.3 Å². The van der Waals surface area contributed by atoms with E-state index >= 15 is 0 Å². The van der Waals surface area contributed by atoms with Gasteiger partial charge in [0.15, 0.2) is 6.33 Å². The first-order chi connectivity index (χ1) is 8.25. The summed E-state index contributed by atoms with van der Waals surface area (Å²) in [6.07, 6.45) is 1.23. The standard InChI is InChI=1S/C10H7N5O2/c16-8-3-1-7-2-4-10(17)14(9(7)5-8)15-12-6-11-13-15/h1-6,16H. The Kier molecular flexibility index (Phi) is 1.91. The lowest BCUT2D eigenvalue weighted by Gasteiger charge is -2.07. The molecule has 0 aliphatic carbocycles. The van der Waals surface area contributed by atoms with Gasteiger partial charge < -0.3 is 5.11 Å². The molecule has 0 unspecified atom stereocenters. The molecular formula is C10H7N5O2. The van der Waals surface area contributed by atoms with Gasteiger partial charge >= 0.3 is 0 Å². The van der Waals surface area contributed by atoms with Gasteiger partial charge in [-0.05, 0) is 23.4 Å². The Morgan fingerprint density at radius 1 is 1.18 bits per heavy atom. The van der Waals surface area contributed by atoms with Crippen molar-refractivity contribution in [3.63, 3.8) is 0 Å². The summed E-state index contributed by atoms with van der Waals surface area (Å²) in [5.41, 5.74) is 0.205. The molecule has 2 heterocycles. The monoisotopic (exact) mass is 229 g/mol. The van der Waals surface area contributed by atoms with Crippen molar-refractivity contribution in [2.45, 2.75) is 0 Å². The second-order valence-corrected chi connectivity index (χ2v) is 3.43. The summed E-state index contributed by atoms with van der Waals surface area (Å²) >= 11 is 0. The Bertz CT molecular complexity index is 732. The van der Waals surface area contributed by atoms with Crippen LogP contribution in [0.2, 0.25) is 0 Å². The molecule has 17 heavy (non-hydrogen) atoms. The van der Waals surface area contributed by atoms with Gasteiger partial charge in [-0.3, -0.25) is 4.79 Å². The maximum atomic E-state index is 11.8. The maximum absolute atomic E-state index is 11.8. The van der Waals surface area contributed by atoms with Crippen LogP contribution < -0.4 is 5.56 Å². The summed E-state index contributed by atoms with van der Waals surface area (Å²) in [5, 5.41) is 21.3. The van der Waals surface area contributed by atoms with Crippen LogP contribution in [0.3, 0.4) is 0 Å². The SMILES string of the molecule is O=c1ccc2ccc(O)cc2n1-n1ncnn1. The molecule has 0 amide bonds. The van der Waals surface area contributed by atoms with Gasteiger partial charge in [-0.1, -0.05) is 4.91 Å². The van der Waals surface area contributed by atoms with Crippen LogP contribution in [0, 0.1) is 0 Å². The fraction of sp³-hybridized carbons (Fsp3) is 0. The smallest absolute Gasteiger partial charge is 0.272 e. The number of hydrogen-bond donors (Lipinski definition) is 1. The first-order valence-corrected chi connectivity index (χ1v) is 4.84. The highest BCUT2D eigenvalue weighted by atomic mass is 16.3. The zero-order chi connectivity index (χ0) is 11.8. The molecule has 3 rings (SSSR count). The second-order valence-electron chi connectivity index (χ2n) is 3.43. The number of tetrazole rings is 1. The Hall–Kier alpha value is -2.70. The van der Waals surface area contributed by atoms with Gasteiger partial charge in [0.1, 0.15) is 5.75 Å². The molecule has 0 saturated heterocycles. The molecule has 0 saturated carbocycles. The minimum atomic E-state index is -0.305. The van der Waals surface area contributed by atoms with E-state index in [2.05, 4.69) is 15.4 Å². The van der Waals surface area contributed by atoms with Crippen molar-refractivity contribution in [2.24, 2.45) is 0 Å². The molecule has 0 radical (unpaired) electrons. The van der Waals surface area contributed by atoms with Crippen molar-refractivity contribution >= 4 is 10.9 Å². The van der Waals surface area contributed by atoms with Crippen LogP contribution in [0.1, 0.15) is 0 Å². The van der Waals surface area contributed by atoms with Crippen molar-refractivity contribution in [1.82, 2.24) is 25.0 Å². The number of phenols is 1. The third-order valence-electron chi connectivity index (χ3n) is 2.37. The van der Waals surface area contributed by atoms with Gasteiger partial charge in [0.25, 0.3) is 5.56 Å². The largest absolute Gasteiger partial charge is 0.508 e. The minimum absolute atomic E-state index is 0.0666. The predicted molar refractivity (Wildman–Crippen MR) is 58.5 cm³/mol. The number of rotatable bonds is 1. The Morgan fingerprint density at radius 2 is 2.00 bits per heavy atom. The van der Waals surface area contributed by atoms with Crippen LogP contribution in [-0.4, -0.2) is 30.1 Å². The summed E-state index contributed by atoms with van der Waals surface area (Å²) in [4.78, 5) is 12.9. The lowest BCUT2D eigenvalue weighted by molar-refractivity contribution is 0.469. The lowest BCUT2D eigenvalue weighted by atomic mass is 10.2. The second kappa shape index (κ2) is 3.41. The Labute approximate surface area is 94.5 Å². The molecule has 84 valence electrons. The van der Waals surface area contributed by atoms with Gasteiger partial charge in [0, 0.05) is 17.5 Å². The Morgan fingerprint density at radius 3 is 2.76 bits per heavy atom. The fourth-order valence-electron chi connectivity index (χ4n) is 1.64. The molecule has 1 aromatic carbocycles. The molecule has 0 aliphatic heterocycles. The Balaban J connectivity index is 2.47. The normalized spacial score (nSPS) is 10.8. The third kappa shape index (κ3) is 1.44. The van der Waals surface area contributed by atoms with Gasteiger partial charge in [-0.2, -0.15) is 4.68 Å². The molecule has 0 atom stereocenters. The highest BCUT2D eigenvalue weighted by Gasteiger charge is 2.06. The zero-order valence-corrected chi connectivity index (χ0v) is 8.56. The molecule has 2 aromatic heterocycles. The molecule has 0 aliphatic rings. The van der Waals surface area contributed by atoms with Gasteiger partial charge in [-0.25, -0.2) is 0 Å². The predicted octanol–water partition coefficient (Wildman–Crippen LogP) is 0.00500. The molecule has 0 fully saturated rings. The average Bonchev–Trinajstić information content (AvgIpc) is 2.82. The first kappa shape index (κ1) is 9.52. The molecule has 1 N–H and O–H groups in total. The van der Waals surface area contributed by atoms with Crippen molar-refractivity contribution < 1.29 is 5.11 Å². The van der Waals surface area contributed by atoms with Crippen LogP contribution >= 0.6 is 0 Å². The van der Waals surface area contributed by atoms with Crippen molar-refractivity contribution in [1.29, 1.82) is 0 Å². The summed E-state index contributed by atoms with van der Waals surface area (Å²) < 4.78 is 1.22. The van der Waals surface area contributed by atoms with E-state index in [0.29, 0.717) is 5.52 Å². The number of hydrogen-bond acceptors (Lipinski definition) is 5. The highest BCUT2D eigenvalue weighted by Crippen LogP contribution is 2.17. The van der Waals surface area contributed by atoms with Crippen molar-refractivity contribution in [3.05, 3.63) is 47.0 Å². The van der Waals surface area contributed by atoms with E-state index in [1.807, 2.05) is 0 Å². The van der Waals surface area contributed by atoms with E-state index in [1.165, 1.54) is 23.1 Å².